The Balaban J connectivity index is 1.54. The summed E-state index contributed by atoms with van der Waals surface area (Å²) in [4.78, 5) is 32.2. The summed E-state index contributed by atoms with van der Waals surface area (Å²) in [6.45, 7) is 0.391. The van der Waals surface area contributed by atoms with Crippen molar-refractivity contribution in [1.82, 2.24) is 4.98 Å². The number of carbonyl (C=O) groups excluding carboxylic acids is 2. The first kappa shape index (κ1) is 25.0. The Morgan fingerprint density at radius 3 is 2.39 bits per heavy atom. The van der Waals surface area contributed by atoms with Gasteiger partial charge in [-0.15, -0.1) is 0 Å². The number of Topliss-reactive ketones (excluding diaryl/α,β-unsaturated/α-hetero) is 1. The molecule has 38 heavy (non-hydrogen) atoms. The van der Waals surface area contributed by atoms with Gasteiger partial charge in [-0.05, 0) is 59.7 Å². The van der Waals surface area contributed by atoms with Crippen molar-refractivity contribution in [1.29, 1.82) is 0 Å². The topological polar surface area (TPSA) is 89.0 Å². The number of aliphatic hydroxyl groups is 1. The highest BCUT2D eigenvalue weighted by atomic mass is 35.5. The number of methoxy groups -OCH3 is 1. The molecule has 0 saturated carbocycles. The second-order valence-corrected chi connectivity index (χ2v) is 8.98. The van der Waals surface area contributed by atoms with Crippen molar-refractivity contribution in [3.05, 3.63) is 125 Å². The van der Waals surface area contributed by atoms with E-state index in [1.54, 1.807) is 60.9 Å². The highest BCUT2D eigenvalue weighted by molar-refractivity contribution is 6.52. The lowest BCUT2D eigenvalue weighted by molar-refractivity contribution is -0.132. The van der Waals surface area contributed by atoms with Gasteiger partial charge < -0.3 is 14.6 Å². The van der Waals surface area contributed by atoms with E-state index < -0.39 is 23.5 Å². The number of carbonyl (C=O) groups is 2. The van der Waals surface area contributed by atoms with Crippen molar-refractivity contribution >= 4 is 34.7 Å². The van der Waals surface area contributed by atoms with Crippen molar-refractivity contribution < 1.29 is 24.2 Å². The minimum absolute atomic E-state index is 0.0949. The van der Waals surface area contributed by atoms with Crippen LogP contribution < -0.4 is 14.4 Å². The maximum Gasteiger partial charge on any atom is 0.300 e. The summed E-state index contributed by atoms with van der Waals surface area (Å²) in [6, 6.07) is 23.9. The van der Waals surface area contributed by atoms with Gasteiger partial charge in [0.05, 0.1) is 23.7 Å². The molecule has 1 unspecified atom stereocenters. The predicted octanol–water partition coefficient (Wildman–Crippen LogP) is 5.95. The molecule has 8 heteroatoms. The van der Waals surface area contributed by atoms with Crippen LogP contribution in [-0.4, -0.2) is 28.9 Å². The van der Waals surface area contributed by atoms with E-state index in [0.29, 0.717) is 29.4 Å². The highest BCUT2D eigenvalue weighted by Gasteiger charge is 2.47. The Morgan fingerprint density at radius 1 is 0.974 bits per heavy atom. The Kier molecular flexibility index (Phi) is 7.11. The number of halogens is 1. The molecule has 1 saturated heterocycles. The molecule has 5 rings (SSSR count). The van der Waals surface area contributed by atoms with Crippen LogP contribution in [0.25, 0.3) is 5.76 Å². The molecule has 1 fully saturated rings. The van der Waals surface area contributed by atoms with Gasteiger partial charge in [-0.3, -0.25) is 19.5 Å². The van der Waals surface area contributed by atoms with Gasteiger partial charge in [0.15, 0.2) is 0 Å². The molecule has 1 aliphatic heterocycles. The van der Waals surface area contributed by atoms with Gasteiger partial charge in [-0.25, -0.2) is 0 Å². The average Bonchev–Trinajstić information content (AvgIpc) is 3.23. The third-order valence-electron chi connectivity index (χ3n) is 6.24. The highest BCUT2D eigenvalue weighted by Crippen LogP contribution is 2.43. The van der Waals surface area contributed by atoms with E-state index in [4.69, 9.17) is 21.1 Å². The second-order valence-electron chi connectivity index (χ2n) is 8.57. The predicted molar refractivity (Wildman–Crippen MR) is 144 cm³/mol. The lowest BCUT2D eigenvalue weighted by atomic mass is 9.96. The monoisotopic (exact) mass is 526 g/mol. The fourth-order valence-electron chi connectivity index (χ4n) is 4.35. The number of amides is 1. The Bertz CT molecular complexity index is 1510. The first-order chi connectivity index (χ1) is 18.5. The van der Waals surface area contributed by atoms with Gasteiger partial charge in [-0.2, -0.15) is 0 Å². The van der Waals surface area contributed by atoms with Crippen LogP contribution >= 0.6 is 11.6 Å². The molecule has 7 nitrogen and oxygen atoms in total. The number of aliphatic hydroxyl groups excluding tert-OH is 1. The summed E-state index contributed by atoms with van der Waals surface area (Å²) in [5.41, 5.74) is 2.13. The molecular formula is C30H23ClN2O5. The molecule has 0 bridgehead atoms. The van der Waals surface area contributed by atoms with Gasteiger partial charge in [-0.1, -0.05) is 48.0 Å². The van der Waals surface area contributed by atoms with Crippen molar-refractivity contribution in [3.63, 3.8) is 0 Å². The number of aromatic nitrogens is 1. The normalized spacial score (nSPS) is 16.5. The summed E-state index contributed by atoms with van der Waals surface area (Å²) in [6.07, 6.45) is 3.15. The number of rotatable bonds is 7. The van der Waals surface area contributed by atoms with Crippen LogP contribution in [-0.2, 0) is 16.2 Å². The molecule has 3 aromatic carbocycles. The summed E-state index contributed by atoms with van der Waals surface area (Å²) in [5.74, 6) is -0.965. The first-order valence-electron chi connectivity index (χ1n) is 11.8. The van der Waals surface area contributed by atoms with Gasteiger partial charge in [0.25, 0.3) is 11.7 Å². The Hall–Kier alpha value is -4.62. The van der Waals surface area contributed by atoms with Gasteiger partial charge >= 0.3 is 0 Å². The van der Waals surface area contributed by atoms with Crippen molar-refractivity contribution in [2.45, 2.75) is 12.6 Å². The van der Waals surface area contributed by atoms with Gasteiger partial charge in [0.2, 0.25) is 0 Å². The van der Waals surface area contributed by atoms with Crippen LogP contribution in [0.4, 0.5) is 5.69 Å². The van der Waals surface area contributed by atoms with E-state index in [1.807, 2.05) is 30.3 Å². The zero-order valence-corrected chi connectivity index (χ0v) is 21.1. The largest absolute Gasteiger partial charge is 0.507 e. The number of hydrogen-bond acceptors (Lipinski definition) is 6. The van der Waals surface area contributed by atoms with Crippen LogP contribution in [0.1, 0.15) is 22.7 Å². The third kappa shape index (κ3) is 4.84. The van der Waals surface area contributed by atoms with Crippen LogP contribution in [0.2, 0.25) is 5.02 Å². The summed E-state index contributed by atoms with van der Waals surface area (Å²) in [7, 11) is 1.48. The first-order valence-corrected chi connectivity index (χ1v) is 12.2. The number of hydrogen-bond donors (Lipinski definition) is 1. The molecular weight excluding hydrogens is 504 g/mol. The molecule has 1 aromatic heterocycles. The molecule has 1 aliphatic rings. The molecule has 2 heterocycles. The lowest BCUT2D eigenvalue weighted by Gasteiger charge is -2.25. The smallest absolute Gasteiger partial charge is 0.300 e. The van der Waals surface area contributed by atoms with E-state index in [-0.39, 0.29) is 16.2 Å². The average molecular weight is 527 g/mol. The van der Waals surface area contributed by atoms with Crippen molar-refractivity contribution in [2.24, 2.45) is 0 Å². The number of nitrogens with zero attached hydrogens (tertiary/aromatic N) is 2. The Morgan fingerprint density at radius 2 is 1.71 bits per heavy atom. The standard InChI is InChI=1S/C30H23ClN2O5/c1-37-23-13-14-25(31)24(16-23)28(34)26-27(20-8-5-15-32-17-20)33(30(36)29(26)35)21-9-11-22(12-10-21)38-18-19-6-3-2-4-7-19/h2-17,27,34H,18H2,1H3/b28-26+. The van der Waals surface area contributed by atoms with E-state index in [2.05, 4.69) is 4.98 Å². The molecule has 0 radical (unpaired) electrons. The van der Waals surface area contributed by atoms with Crippen LogP contribution in [0.5, 0.6) is 11.5 Å². The summed E-state index contributed by atoms with van der Waals surface area (Å²) in [5, 5.41) is 11.5. The molecule has 1 atom stereocenters. The Labute approximate surface area is 224 Å². The van der Waals surface area contributed by atoms with Gasteiger partial charge in [0, 0.05) is 23.6 Å². The van der Waals surface area contributed by atoms with E-state index in [9.17, 15) is 14.7 Å². The van der Waals surface area contributed by atoms with Crippen LogP contribution in [0.15, 0.2) is 103 Å². The number of benzene rings is 3. The summed E-state index contributed by atoms with van der Waals surface area (Å²) >= 11 is 6.36. The zero-order chi connectivity index (χ0) is 26.6. The fraction of sp³-hybridized carbons (Fsp3) is 0.100. The second kappa shape index (κ2) is 10.8. The van der Waals surface area contributed by atoms with E-state index >= 15 is 0 Å². The molecule has 190 valence electrons. The molecule has 4 aromatic rings. The number of ketones is 1. The molecule has 0 spiro atoms. The van der Waals surface area contributed by atoms with Crippen molar-refractivity contribution in [2.75, 3.05) is 12.0 Å². The van der Waals surface area contributed by atoms with Gasteiger partial charge in [0.1, 0.15) is 23.9 Å². The number of anilines is 1. The minimum atomic E-state index is -0.929. The van der Waals surface area contributed by atoms with Crippen molar-refractivity contribution in [3.8, 4) is 11.5 Å². The fourth-order valence-corrected chi connectivity index (χ4v) is 4.56. The quantitative estimate of drug-likeness (QED) is 0.182. The molecule has 0 aliphatic carbocycles. The third-order valence-corrected chi connectivity index (χ3v) is 6.57. The maximum atomic E-state index is 13.4. The number of ether oxygens (including phenoxy) is 2. The number of pyridine rings is 1. The SMILES string of the molecule is COc1ccc(Cl)c(/C(O)=C2\C(=O)C(=O)N(c3ccc(OCc4ccccc4)cc3)C2c2cccnc2)c1. The molecule has 1 amide bonds. The molecule has 1 N–H and O–H groups in total. The van der Waals surface area contributed by atoms with Crippen LogP contribution in [0, 0.1) is 0 Å². The van der Waals surface area contributed by atoms with E-state index in [1.165, 1.54) is 18.1 Å². The zero-order valence-electron chi connectivity index (χ0n) is 20.4. The van der Waals surface area contributed by atoms with E-state index in [0.717, 1.165) is 5.56 Å². The minimum Gasteiger partial charge on any atom is -0.507 e. The maximum absolute atomic E-state index is 13.4. The van der Waals surface area contributed by atoms with Crippen LogP contribution in [0.3, 0.4) is 0 Å². The lowest BCUT2D eigenvalue weighted by Crippen LogP contribution is -2.29. The summed E-state index contributed by atoms with van der Waals surface area (Å²) < 4.78 is 11.1.